The van der Waals surface area contributed by atoms with Crippen molar-refractivity contribution < 1.29 is 19.1 Å². The molecule has 12 nitrogen and oxygen atoms in total. The number of aromatic nitrogens is 6. The number of nitrogens with zero attached hydrogens (tertiary/aromatic N) is 6. The number of pyridine rings is 2. The van der Waals surface area contributed by atoms with Gasteiger partial charge in [0.05, 0.1) is 17.3 Å². The van der Waals surface area contributed by atoms with Crippen LogP contribution in [0, 0.1) is 5.41 Å². The smallest absolute Gasteiger partial charge is 0.408 e. The Morgan fingerprint density at radius 3 is 2.55 bits per heavy atom. The first-order chi connectivity index (χ1) is 20.9. The van der Waals surface area contributed by atoms with E-state index in [1.807, 2.05) is 94.8 Å². The minimum atomic E-state index is -0.629. The summed E-state index contributed by atoms with van der Waals surface area (Å²) in [5, 5.41) is 10.2. The molecule has 44 heavy (non-hydrogen) atoms. The van der Waals surface area contributed by atoms with Crippen LogP contribution in [0.4, 0.5) is 10.6 Å². The van der Waals surface area contributed by atoms with Crippen LogP contribution >= 0.6 is 0 Å². The highest BCUT2D eigenvalue weighted by molar-refractivity contribution is 5.97. The summed E-state index contributed by atoms with van der Waals surface area (Å²) in [7, 11) is 0. The molecule has 0 saturated carbocycles. The first-order valence-corrected chi connectivity index (χ1v) is 14.3. The van der Waals surface area contributed by atoms with E-state index in [1.165, 1.54) is 0 Å². The fourth-order valence-corrected chi connectivity index (χ4v) is 4.79. The Morgan fingerprint density at radius 1 is 1.00 bits per heavy atom. The number of fused-ring (bicyclic) bond motifs is 2. The number of benzene rings is 1. The van der Waals surface area contributed by atoms with Gasteiger partial charge >= 0.3 is 6.09 Å². The number of anilines is 1. The SMILES string of the molecule is CC(C)(C)OC(=O)N[C@H]1COc2cc(-n3c(-c4cccnc4NC(=O)C(C)(C)C)nc4ccc(-n5cccn5)nc43)ccc21. The fourth-order valence-electron chi connectivity index (χ4n) is 4.79. The topological polar surface area (TPSA) is 138 Å². The summed E-state index contributed by atoms with van der Waals surface area (Å²) in [5.41, 5.74) is 2.14. The molecule has 1 aliphatic rings. The average molecular weight is 595 g/mol. The van der Waals surface area contributed by atoms with Crippen LogP contribution in [0.1, 0.15) is 53.1 Å². The van der Waals surface area contributed by atoms with Crippen LogP contribution in [-0.2, 0) is 9.53 Å². The van der Waals surface area contributed by atoms with Gasteiger partial charge in [-0.05, 0) is 57.2 Å². The number of hydrogen-bond donors (Lipinski definition) is 2. The monoisotopic (exact) mass is 594 g/mol. The molecule has 12 heteroatoms. The standard InChI is InChI=1S/C32H34N8O4/c1-31(2,3)29(41)38-26-21(9-7-14-33-26)27-35-22-12-13-25(39-16-8-15-34-39)37-28(22)40(27)19-10-11-20-23(18-43-24(20)17-19)36-30(42)44-32(4,5)6/h7-17,23H,18H2,1-6H3,(H,36,42)(H,33,38,41)/t23-/m0/s1. The molecule has 0 unspecified atom stereocenters. The Labute approximate surface area is 254 Å². The molecule has 0 radical (unpaired) electrons. The molecule has 1 aliphatic heterocycles. The van der Waals surface area contributed by atoms with Gasteiger partial charge in [0.25, 0.3) is 0 Å². The van der Waals surface area contributed by atoms with E-state index in [2.05, 4.69) is 20.7 Å². The lowest BCUT2D eigenvalue weighted by molar-refractivity contribution is -0.123. The Bertz CT molecular complexity index is 1870. The van der Waals surface area contributed by atoms with E-state index in [0.29, 0.717) is 39.9 Å². The molecule has 0 bridgehead atoms. The number of nitrogens with one attached hydrogen (secondary N) is 2. The lowest BCUT2D eigenvalue weighted by Crippen LogP contribution is -2.35. The van der Waals surface area contributed by atoms with Gasteiger partial charge < -0.3 is 20.1 Å². The van der Waals surface area contributed by atoms with Crippen LogP contribution in [-0.4, -0.2) is 53.5 Å². The maximum atomic E-state index is 13.0. The molecular weight excluding hydrogens is 560 g/mol. The zero-order valence-electron chi connectivity index (χ0n) is 25.5. The molecule has 2 N–H and O–H groups in total. The second kappa shape index (κ2) is 10.8. The molecule has 0 saturated heterocycles. The van der Waals surface area contributed by atoms with Gasteiger partial charge in [-0.3, -0.25) is 9.36 Å². The minimum Gasteiger partial charge on any atom is -0.491 e. The quantitative estimate of drug-likeness (QED) is 0.268. The third kappa shape index (κ3) is 5.70. The van der Waals surface area contributed by atoms with Crippen molar-refractivity contribution in [3.63, 3.8) is 0 Å². The predicted octanol–water partition coefficient (Wildman–Crippen LogP) is 5.61. The zero-order chi connectivity index (χ0) is 31.2. The van der Waals surface area contributed by atoms with Gasteiger partial charge in [-0.25, -0.2) is 24.4 Å². The lowest BCUT2D eigenvalue weighted by atomic mass is 9.95. The normalized spacial score (nSPS) is 14.6. The second-order valence-corrected chi connectivity index (χ2v) is 12.6. The summed E-state index contributed by atoms with van der Waals surface area (Å²) in [5.74, 6) is 1.97. The van der Waals surface area contributed by atoms with Crippen molar-refractivity contribution in [2.45, 2.75) is 53.2 Å². The molecule has 4 aromatic heterocycles. The molecule has 1 aromatic carbocycles. The summed E-state index contributed by atoms with van der Waals surface area (Å²) in [4.78, 5) is 39.8. The minimum absolute atomic E-state index is 0.173. The van der Waals surface area contributed by atoms with Crippen LogP contribution < -0.4 is 15.4 Å². The Morgan fingerprint density at radius 2 is 1.82 bits per heavy atom. The third-order valence-corrected chi connectivity index (χ3v) is 6.92. The number of rotatable bonds is 5. The van der Waals surface area contributed by atoms with Gasteiger partial charge in [-0.15, -0.1) is 0 Å². The van der Waals surface area contributed by atoms with Crippen LogP contribution in [0.2, 0.25) is 0 Å². The first-order valence-electron chi connectivity index (χ1n) is 14.3. The lowest BCUT2D eigenvalue weighted by Gasteiger charge is -2.21. The van der Waals surface area contributed by atoms with Gasteiger partial charge in [0.1, 0.15) is 29.3 Å². The van der Waals surface area contributed by atoms with Gasteiger partial charge in [-0.2, -0.15) is 5.10 Å². The van der Waals surface area contributed by atoms with Crippen LogP contribution in [0.25, 0.3) is 34.1 Å². The maximum absolute atomic E-state index is 13.0. The van der Waals surface area contributed by atoms with Crippen LogP contribution in [0.15, 0.2) is 67.1 Å². The van der Waals surface area contributed by atoms with E-state index in [4.69, 9.17) is 19.4 Å². The maximum Gasteiger partial charge on any atom is 0.408 e. The molecule has 5 heterocycles. The Hall–Kier alpha value is -5.26. The number of alkyl carbamates (subject to hydrolysis) is 1. The number of amides is 2. The van der Waals surface area contributed by atoms with Gasteiger partial charge in [-0.1, -0.05) is 26.8 Å². The molecule has 1 atom stereocenters. The average Bonchev–Trinajstić information content (AvgIpc) is 3.70. The highest BCUT2D eigenvalue weighted by Crippen LogP contribution is 2.38. The van der Waals surface area contributed by atoms with Crippen molar-refractivity contribution in [1.82, 2.24) is 34.6 Å². The summed E-state index contributed by atoms with van der Waals surface area (Å²) < 4.78 is 15.1. The number of hydrogen-bond acceptors (Lipinski definition) is 8. The molecule has 0 spiro atoms. The summed E-state index contributed by atoms with van der Waals surface area (Å²) in [6.07, 6.45) is 4.62. The van der Waals surface area contributed by atoms with Crippen molar-refractivity contribution in [3.05, 3.63) is 72.7 Å². The number of carbonyl (C=O) groups is 2. The van der Waals surface area contributed by atoms with E-state index < -0.39 is 17.1 Å². The Kier molecular flexibility index (Phi) is 7.07. The highest BCUT2D eigenvalue weighted by Gasteiger charge is 2.30. The van der Waals surface area contributed by atoms with E-state index >= 15 is 0 Å². The highest BCUT2D eigenvalue weighted by atomic mass is 16.6. The number of carbonyl (C=O) groups excluding carboxylic acids is 2. The molecule has 5 aromatic rings. The van der Waals surface area contributed by atoms with Crippen molar-refractivity contribution in [2.24, 2.45) is 5.41 Å². The number of imidazole rings is 1. The van der Waals surface area contributed by atoms with Gasteiger partial charge in [0.2, 0.25) is 5.91 Å². The van der Waals surface area contributed by atoms with Crippen molar-refractivity contribution >= 4 is 29.0 Å². The van der Waals surface area contributed by atoms with E-state index in [0.717, 1.165) is 11.3 Å². The van der Waals surface area contributed by atoms with E-state index in [-0.39, 0.29) is 18.6 Å². The molecule has 2 amide bonds. The summed E-state index contributed by atoms with van der Waals surface area (Å²) in [6.45, 7) is 11.3. The second-order valence-electron chi connectivity index (χ2n) is 12.6. The molecule has 0 aliphatic carbocycles. The fraction of sp³-hybridized carbons (Fsp3) is 0.312. The molecule has 226 valence electrons. The zero-order valence-corrected chi connectivity index (χ0v) is 25.5. The molecule has 6 rings (SSSR count). The van der Waals surface area contributed by atoms with Crippen molar-refractivity contribution in [3.8, 4) is 28.6 Å². The number of ether oxygens (including phenoxy) is 2. The van der Waals surface area contributed by atoms with Crippen molar-refractivity contribution in [2.75, 3.05) is 11.9 Å². The largest absolute Gasteiger partial charge is 0.491 e. The van der Waals surface area contributed by atoms with Crippen LogP contribution in [0.3, 0.4) is 0 Å². The molecular formula is C32H34N8O4. The van der Waals surface area contributed by atoms with Crippen molar-refractivity contribution in [1.29, 1.82) is 0 Å². The first kappa shape index (κ1) is 28.8. The molecule has 0 fully saturated rings. The third-order valence-electron chi connectivity index (χ3n) is 6.92. The van der Waals surface area contributed by atoms with Gasteiger partial charge in [0.15, 0.2) is 17.3 Å². The Balaban J connectivity index is 1.47. The van der Waals surface area contributed by atoms with Crippen LogP contribution in [0.5, 0.6) is 5.75 Å². The summed E-state index contributed by atoms with van der Waals surface area (Å²) in [6, 6.07) is 14.6. The van der Waals surface area contributed by atoms with E-state index in [1.54, 1.807) is 23.1 Å². The van der Waals surface area contributed by atoms with E-state index in [9.17, 15) is 9.59 Å². The predicted molar refractivity (Wildman–Crippen MR) is 165 cm³/mol. The van der Waals surface area contributed by atoms with Gasteiger partial charge in [0, 0.05) is 35.6 Å². The summed E-state index contributed by atoms with van der Waals surface area (Å²) >= 11 is 0.